The quantitative estimate of drug-likeness (QED) is 0.712. The summed E-state index contributed by atoms with van der Waals surface area (Å²) in [7, 11) is 0. The molecule has 0 saturated carbocycles. The normalized spacial score (nSPS) is 11.6. The molecule has 1 aromatic carbocycles. The topological polar surface area (TPSA) is 17.1 Å². The molecule has 0 heterocycles. The van der Waals surface area contributed by atoms with E-state index in [4.69, 9.17) is 0 Å². The molecule has 0 amide bonds. The lowest BCUT2D eigenvalue weighted by atomic mass is 9.86. The second kappa shape index (κ2) is 6.72. The van der Waals surface area contributed by atoms with Crippen LogP contribution in [0.3, 0.4) is 0 Å². The molecular weight excluding hydrogens is 220 g/mol. The zero-order valence-corrected chi connectivity index (χ0v) is 12.3. The first-order chi connectivity index (χ1) is 8.43. The third-order valence-corrected chi connectivity index (χ3v) is 3.27. The molecule has 0 bridgehead atoms. The summed E-state index contributed by atoms with van der Waals surface area (Å²) in [5.41, 5.74) is 2.93. The Hall–Kier alpha value is -1.11. The number of Topliss-reactive ketones (excluding diaryl/α,β-unsaturated/α-hetero) is 1. The van der Waals surface area contributed by atoms with Gasteiger partial charge in [0.1, 0.15) is 5.78 Å². The SMILES string of the molecule is CCCC(=O)CCCc1ccc(C(C)(C)C)cc1. The molecule has 0 N–H and O–H groups in total. The Balaban J connectivity index is 2.42. The summed E-state index contributed by atoms with van der Waals surface area (Å²) < 4.78 is 0. The molecule has 100 valence electrons. The van der Waals surface area contributed by atoms with Crippen molar-refractivity contribution in [2.75, 3.05) is 0 Å². The Morgan fingerprint density at radius 1 is 1.06 bits per heavy atom. The highest BCUT2D eigenvalue weighted by atomic mass is 16.1. The van der Waals surface area contributed by atoms with Gasteiger partial charge >= 0.3 is 0 Å². The molecule has 1 heteroatoms. The number of hydrogen-bond donors (Lipinski definition) is 0. The van der Waals surface area contributed by atoms with E-state index < -0.39 is 0 Å². The van der Waals surface area contributed by atoms with Crippen molar-refractivity contribution in [1.29, 1.82) is 0 Å². The van der Waals surface area contributed by atoms with Crippen LogP contribution in [0.4, 0.5) is 0 Å². The zero-order chi connectivity index (χ0) is 13.6. The van der Waals surface area contributed by atoms with E-state index >= 15 is 0 Å². The summed E-state index contributed by atoms with van der Waals surface area (Å²) in [6.07, 6.45) is 4.44. The molecule has 0 aromatic heterocycles. The third-order valence-electron chi connectivity index (χ3n) is 3.27. The molecule has 0 atom stereocenters. The molecule has 0 unspecified atom stereocenters. The van der Waals surface area contributed by atoms with Crippen molar-refractivity contribution >= 4 is 5.78 Å². The first kappa shape index (κ1) is 14.9. The van der Waals surface area contributed by atoms with Crippen LogP contribution in [0.5, 0.6) is 0 Å². The van der Waals surface area contributed by atoms with Crippen LogP contribution in [-0.4, -0.2) is 5.78 Å². The van der Waals surface area contributed by atoms with Gasteiger partial charge in [-0.05, 0) is 35.8 Å². The number of carbonyl (C=O) groups is 1. The predicted molar refractivity (Wildman–Crippen MR) is 78.0 cm³/mol. The van der Waals surface area contributed by atoms with E-state index in [1.165, 1.54) is 11.1 Å². The number of carbonyl (C=O) groups excluding carboxylic acids is 1. The van der Waals surface area contributed by atoms with Crippen LogP contribution in [0.1, 0.15) is 64.5 Å². The van der Waals surface area contributed by atoms with Crippen molar-refractivity contribution in [2.45, 2.75) is 65.2 Å². The van der Waals surface area contributed by atoms with Gasteiger partial charge < -0.3 is 0 Å². The fourth-order valence-electron chi connectivity index (χ4n) is 2.06. The van der Waals surface area contributed by atoms with Gasteiger partial charge in [0.25, 0.3) is 0 Å². The Kier molecular flexibility index (Phi) is 5.58. The Morgan fingerprint density at radius 2 is 1.67 bits per heavy atom. The summed E-state index contributed by atoms with van der Waals surface area (Å²) >= 11 is 0. The minimum absolute atomic E-state index is 0.218. The maximum Gasteiger partial charge on any atom is 0.132 e. The standard InChI is InChI=1S/C17H26O/c1-5-7-16(18)9-6-8-14-10-12-15(13-11-14)17(2,3)4/h10-13H,5-9H2,1-4H3. The van der Waals surface area contributed by atoms with Gasteiger partial charge in [-0.1, -0.05) is 52.0 Å². The summed E-state index contributed by atoms with van der Waals surface area (Å²) in [6, 6.07) is 8.82. The molecule has 0 aliphatic carbocycles. The lowest BCUT2D eigenvalue weighted by Gasteiger charge is -2.19. The first-order valence-electron chi connectivity index (χ1n) is 7.04. The molecule has 18 heavy (non-hydrogen) atoms. The first-order valence-corrected chi connectivity index (χ1v) is 7.04. The van der Waals surface area contributed by atoms with E-state index in [1.54, 1.807) is 0 Å². The van der Waals surface area contributed by atoms with Gasteiger partial charge in [-0.15, -0.1) is 0 Å². The molecule has 0 radical (unpaired) electrons. The minimum Gasteiger partial charge on any atom is -0.300 e. The van der Waals surface area contributed by atoms with E-state index in [-0.39, 0.29) is 5.41 Å². The average molecular weight is 246 g/mol. The highest BCUT2D eigenvalue weighted by molar-refractivity contribution is 5.78. The highest BCUT2D eigenvalue weighted by Gasteiger charge is 2.12. The van der Waals surface area contributed by atoms with E-state index in [9.17, 15) is 4.79 Å². The van der Waals surface area contributed by atoms with Crippen LogP contribution in [0.25, 0.3) is 0 Å². The molecule has 0 fully saturated rings. The predicted octanol–water partition coefficient (Wildman–Crippen LogP) is 4.68. The van der Waals surface area contributed by atoms with Crippen molar-refractivity contribution < 1.29 is 4.79 Å². The van der Waals surface area contributed by atoms with E-state index in [0.29, 0.717) is 5.78 Å². The smallest absolute Gasteiger partial charge is 0.132 e. The van der Waals surface area contributed by atoms with Gasteiger partial charge in [0, 0.05) is 12.8 Å². The maximum absolute atomic E-state index is 11.4. The van der Waals surface area contributed by atoms with Crippen molar-refractivity contribution in [3.63, 3.8) is 0 Å². The van der Waals surface area contributed by atoms with Gasteiger partial charge in [0.05, 0.1) is 0 Å². The Bertz CT molecular complexity index is 368. The molecule has 1 nitrogen and oxygen atoms in total. The maximum atomic E-state index is 11.4. The minimum atomic E-state index is 0.218. The number of hydrogen-bond acceptors (Lipinski definition) is 1. The lowest BCUT2D eigenvalue weighted by Crippen LogP contribution is -2.10. The molecule has 0 aliphatic rings. The van der Waals surface area contributed by atoms with Gasteiger partial charge in [0.15, 0.2) is 0 Å². The van der Waals surface area contributed by atoms with Gasteiger partial charge in [0.2, 0.25) is 0 Å². The van der Waals surface area contributed by atoms with Gasteiger partial charge in [-0.25, -0.2) is 0 Å². The number of ketones is 1. The van der Waals surface area contributed by atoms with Crippen LogP contribution in [0, 0.1) is 0 Å². The van der Waals surface area contributed by atoms with Crippen molar-refractivity contribution in [3.05, 3.63) is 35.4 Å². The van der Waals surface area contributed by atoms with Crippen LogP contribution >= 0.6 is 0 Å². The Labute approximate surface area is 112 Å². The average Bonchev–Trinajstić information content (AvgIpc) is 2.29. The molecule has 1 aromatic rings. The number of rotatable bonds is 6. The van der Waals surface area contributed by atoms with Gasteiger partial charge in [-0.3, -0.25) is 4.79 Å². The third kappa shape index (κ3) is 5.03. The van der Waals surface area contributed by atoms with E-state index in [0.717, 1.165) is 32.1 Å². The molecular formula is C17H26O. The number of aryl methyl sites for hydroxylation is 1. The summed E-state index contributed by atoms with van der Waals surface area (Å²) in [5.74, 6) is 0.406. The highest BCUT2D eigenvalue weighted by Crippen LogP contribution is 2.22. The summed E-state index contributed by atoms with van der Waals surface area (Å²) in [5, 5.41) is 0. The largest absolute Gasteiger partial charge is 0.300 e. The Morgan fingerprint density at radius 3 is 2.17 bits per heavy atom. The zero-order valence-electron chi connectivity index (χ0n) is 12.3. The summed E-state index contributed by atoms with van der Waals surface area (Å²) in [6.45, 7) is 8.74. The summed E-state index contributed by atoms with van der Waals surface area (Å²) in [4.78, 5) is 11.4. The molecule has 0 aliphatic heterocycles. The van der Waals surface area contributed by atoms with Crippen LogP contribution in [-0.2, 0) is 16.6 Å². The van der Waals surface area contributed by atoms with Crippen molar-refractivity contribution in [3.8, 4) is 0 Å². The van der Waals surface area contributed by atoms with Crippen molar-refractivity contribution in [2.24, 2.45) is 0 Å². The monoisotopic (exact) mass is 246 g/mol. The van der Waals surface area contributed by atoms with Gasteiger partial charge in [-0.2, -0.15) is 0 Å². The lowest BCUT2D eigenvalue weighted by molar-refractivity contribution is -0.119. The second-order valence-electron chi connectivity index (χ2n) is 6.09. The fourth-order valence-corrected chi connectivity index (χ4v) is 2.06. The van der Waals surface area contributed by atoms with Crippen LogP contribution in [0.15, 0.2) is 24.3 Å². The molecule has 0 saturated heterocycles. The molecule has 1 rings (SSSR count). The van der Waals surface area contributed by atoms with Crippen LogP contribution in [0.2, 0.25) is 0 Å². The van der Waals surface area contributed by atoms with E-state index in [1.807, 2.05) is 0 Å². The fraction of sp³-hybridized carbons (Fsp3) is 0.588. The van der Waals surface area contributed by atoms with Crippen LogP contribution < -0.4 is 0 Å². The van der Waals surface area contributed by atoms with Crippen molar-refractivity contribution in [1.82, 2.24) is 0 Å². The second-order valence-corrected chi connectivity index (χ2v) is 6.09. The molecule has 0 spiro atoms. The number of benzene rings is 1. The van der Waals surface area contributed by atoms with E-state index in [2.05, 4.69) is 52.0 Å².